The molecule has 1 aromatic heterocycles. The van der Waals surface area contributed by atoms with Gasteiger partial charge in [0.1, 0.15) is 11.5 Å². The van der Waals surface area contributed by atoms with Gasteiger partial charge in [-0.2, -0.15) is 0 Å². The van der Waals surface area contributed by atoms with Crippen molar-refractivity contribution in [3.05, 3.63) is 23.2 Å². The quantitative estimate of drug-likeness (QED) is 0.846. The highest BCUT2D eigenvalue weighted by Crippen LogP contribution is 2.13. The zero-order valence-corrected chi connectivity index (χ0v) is 11.6. The predicted octanol–water partition coefficient (Wildman–Crippen LogP) is 3.05. The van der Waals surface area contributed by atoms with E-state index in [1.807, 2.05) is 13.8 Å². The molecule has 90 valence electrons. The van der Waals surface area contributed by atoms with Crippen LogP contribution in [0, 0.1) is 19.8 Å². The molecule has 0 fully saturated rings. The van der Waals surface area contributed by atoms with E-state index in [9.17, 15) is 4.79 Å². The van der Waals surface area contributed by atoms with Crippen molar-refractivity contribution in [2.45, 2.75) is 27.2 Å². The van der Waals surface area contributed by atoms with Crippen LogP contribution in [0.2, 0.25) is 0 Å². The largest absolute Gasteiger partial charge is 0.466 e. The van der Waals surface area contributed by atoms with Gasteiger partial charge in [0.15, 0.2) is 0 Å². The molecule has 0 aliphatic rings. The summed E-state index contributed by atoms with van der Waals surface area (Å²) in [7, 11) is 0. The molecule has 1 N–H and O–H groups in total. The van der Waals surface area contributed by atoms with Gasteiger partial charge in [0.2, 0.25) is 0 Å². The Balaban J connectivity index is 2.50. The molecule has 1 atom stereocenters. The van der Waals surface area contributed by atoms with Gasteiger partial charge in [0.25, 0.3) is 5.91 Å². The molecular formula is C12H18BrNO2. The third-order valence-electron chi connectivity index (χ3n) is 2.50. The summed E-state index contributed by atoms with van der Waals surface area (Å²) in [6.45, 7) is 6.48. The normalized spacial score (nSPS) is 12.5. The van der Waals surface area contributed by atoms with Gasteiger partial charge < -0.3 is 9.73 Å². The number of furan rings is 1. The Labute approximate surface area is 105 Å². The molecule has 0 saturated carbocycles. The summed E-state index contributed by atoms with van der Waals surface area (Å²) in [4.78, 5) is 11.8. The number of amides is 1. The lowest BCUT2D eigenvalue weighted by Crippen LogP contribution is -2.28. The number of rotatable bonds is 5. The van der Waals surface area contributed by atoms with Crippen molar-refractivity contribution in [3.8, 4) is 0 Å². The van der Waals surface area contributed by atoms with Gasteiger partial charge in [-0.15, -0.1) is 0 Å². The van der Waals surface area contributed by atoms with Crippen molar-refractivity contribution >= 4 is 21.8 Å². The fraction of sp³-hybridized carbons (Fsp3) is 0.583. The molecule has 16 heavy (non-hydrogen) atoms. The van der Waals surface area contributed by atoms with E-state index in [0.29, 0.717) is 23.8 Å². The van der Waals surface area contributed by atoms with Crippen LogP contribution in [-0.2, 0) is 0 Å². The minimum atomic E-state index is -0.0456. The first-order valence-corrected chi connectivity index (χ1v) is 6.58. The van der Waals surface area contributed by atoms with Crippen LogP contribution in [0.4, 0.5) is 0 Å². The maximum Gasteiger partial charge on any atom is 0.254 e. The summed E-state index contributed by atoms with van der Waals surface area (Å²) in [6.07, 6.45) is 1.06. The second-order valence-electron chi connectivity index (χ2n) is 4.12. The van der Waals surface area contributed by atoms with Crippen LogP contribution in [0.1, 0.15) is 35.2 Å². The van der Waals surface area contributed by atoms with Crippen LogP contribution in [0.3, 0.4) is 0 Å². The standard InChI is InChI=1S/C12H18BrNO2/c1-8(4-5-13)7-14-12(15)11-6-9(2)16-10(11)3/h6,8H,4-5,7H2,1-3H3,(H,14,15). The Morgan fingerprint density at radius 2 is 2.25 bits per heavy atom. The molecule has 1 heterocycles. The number of hydrogen-bond donors (Lipinski definition) is 1. The first-order valence-electron chi connectivity index (χ1n) is 5.45. The van der Waals surface area contributed by atoms with Crippen molar-refractivity contribution in [1.29, 1.82) is 0 Å². The second-order valence-corrected chi connectivity index (χ2v) is 4.91. The summed E-state index contributed by atoms with van der Waals surface area (Å²) in [5, 5.41) is 3.88. The Morgan fingerprint density at radius 1 is 1.56 bits per heavy atom. The average Bonchev–Trinajstić information content (AvgIpc) is 2.55. The molecule has 1 unspecified atom stereocenters. The molecule has 0 aromatic carbocycles. The Kier molecular flexibility index (Phi) is 5.06. The number of carbonyl (C=O) groups is 1. The third-order valence-corrected chi connectivity index (χ3v) is 2.96. The SMILES string of the molecule is Cc1cc(C(=O)NCC(C)CCBr)c(C)o1. The molecule has 0 spiro atoms. The molecule has 1 rings (SSSR count). The first-order chi connectivity index (χ1) is 7.54. The summed E-state index contributed by atoms with van der Waals surface area (Å²) in [6, 6.07) is 1.78. The number of halogens is 1. The summed E-state index contributed by atoms with van der Waals surface area (Å²) in [5.74, 6) is 1.90. The summed E-state index contributed by atoms with van der Waals surface area (Å²) >= 11 is 3.39. The van der Waals surface area contributed by atoms with Crippen molar-refractivity contribution in [2.75, 3.05) is 11.9 Å². The van der Waals surface area contributed by atoms with Gasteiger partial charge >= 0.3 is 0 Å². The van der Waals surface area contributed by atoms with Crippen LogP contribution in [0.25, 0.3) is 0 Å². The highest BCUT2D eigenvalue weighted by molar-refractivity contribution is 9.09. The molecule has 3 nitrogen and oxygen atoms in total. The highest BCUT2D eigenvalue weighted by Gasteiger charge is 2.13. The van der Waals surface area contributed by atoms with Gasteiger partial charge in [-0.3, -0.25) is 4.79 Å². The monoisotopic (exact) mass is 287 g/mol. The number of carbonyl (C=O) groups excluding carboxylic acids is 1. The lowest BCUT2D eigenvalue weighted by Gasteiger charge is -2.10. The van der Waals surface area contributed by atoms with E-state index >= 15 is 0 Å². The fourth-order valence-electron chi connectivity index (χ4n) is 1.51. The van der Waals surface area contributed by atoms with E-state index in [1.54, 1.807) is 6.07 Å². The highest BCUT2D eigenvalue weighted by atomic mass is 79.9. The molecule has 0 bridgehead atoms. The second kappa shape index (κ2) is 6.09. The zero-order chi connectivity index (χ0) is 12.1. The van der Waals surface area contributed by atoms with E-state index in [1.165, 1.54) is 0 Å². The van der Waals surface area contributed by atoms with E-state index in [0.717, 1.165) is 17.5 Å². The summed E-state index contributed by atoms with van der Waals surface area (Å²) in [5.41, 5.74) is 0.642. The van der Waals surface area contributed by atoms with Crippen molar-refractivity contribution in [2.24, 2.45) is 5.92 Å². The maximum absolute atomic E-state index is 11.8. The van der Waals surface area contributed by atoms with Crippen LogP contribution in [0.15, 0.2) is 10.5 Å². The molecule has 1 aromatic rings. The molecule has 0 aliphatic carbocycles. The van der Waals surface area contributed by atoms with Crippen LogP contribution in [0.5, 0.6) is 0 Å². The Bertz CT molecular complexity index is 360. The molecular weight excluding hydrogens is 270 g/mol. The number of alkyl halides is 1. The third kappa shape index (κ3) is 3.67. The molecule has 1 amide bonds. The fourth-order valence-corrected chi connectivity index (χ4v) is 2.29. The van der Waals surface area contributed by atoms with E-state index < -0.39 is 0 Å². The zero-order valence-electron chi connectivity index (χ0n) is 9.97. The number of aryl methyl sites for hydroxylation is 2. The molecule has 4 heteroatoms. The van der Waals surface area contributed by atoms with Crippen molar-refractivity contribution < 1.29 is 9.21 Å². The lowest BCUT2D eigenvalue weighted by atomic mass is 10.1. The minimum absolute atomic E-state index is 0.0456. The first kappa shape index (κ1) is 13.3. The van der Waals surface area contributed by atoms with Gasteiger partial charge in [-0.1, -0.05) is 22.9 Å². The number of hydrogen-bond acceptors (Lipinski definition) is 2. The molecule has 0 aliphatic heterocycles. The Morgan fingerprint density at radius 3 is 2.75 bits per heavy atom. The van der Waals surface area contributed by atoms with Crippen molar-refractivity contribution in [3.63, 3.8) is 0 Å². The van der Waals surface area contributed by atoms with E-state index in [2.05, 4.69) is 28.2 Å². The predicted molar refractivity (Wildman–Crippen MR) is 68.1 cm³/mol. The Hall–Kier alpha value is -0.770. The van der Waals surface area contributed by atoms with Crippen LogP contribution < -0.4 is 5.32 Å². The molecule has 0 saturated heterocycles. The van der Waals surface area contributed by atoms with E-state index in [-0.39, 0.29) is 5.91 Å². The summed E-state index contributed by atoms with van der Waals surface area (Å²) < 4.78 is 5.32. The minimum Gasteiger partial charge on any atom is -0.466 e. The van der Waals surface area contributed by atoms with Crippen molar-refractivity contribution in [1.82, 2.24) is 5.32 Å². The topological polar surface area (TPSA) is 42.2 Å². The van der Waals surface area contributed by atoms with Gasteiger partial charge in [0, 0.05) is 11.9 Å². The van der Waals surface area contributed by atoms with Crippen LogP contribution >= 0.6 is 15.9 Å². The molecule has 0 radical (unpaired) electrons. The average molecular weight is 288 g/mol. The maximum atomic E-state index is 11.8. The number of nitrogens with one attached hydrogen (secondary N) is 1. The smallest absolute Gasteiger partial charge is 0.254 e. The van der Waals surface area contributed by atoms with Gasteiger partial charge in [-0.25, -0.2) is 0 Å². The van der Waals surface area contributed by atoms with Gasteiger partial charge in [-0.05, 0) is 32.3 Å². The van der Waals surface area contributed by atoms with Crippen LogP contribution in [-0.4, -0.2) is 17.8 Å². The lowest BCUT2D eigenvalue weighted by molar-refractivity contribution is 0.0946. The van der Waals surface area contributed by atoms with Gasteiger partial charge in [0.05, 0.1) is 5.56 Å². The van der Waals surface area contributed by atoms with E-state index in [4.69, 9.17) is 4.42 Å².